The summed E-state index contributed by atoms with van der Waals surface area (Å²) in [7, 11) is 0. The van der Waals surface area contributed by atoms with Gasteiger partial charge in [0.15, 0.2) is 0 Å². The zero-order chi connectivity index (χ0) is 28.9. The largest absolute Gasteiger partial charge is 0.444 e. The van der Waals surface area contributed by atoms with Gasteiger partial charge in [-0.2, -0.15) is 0 Å². The fraction of sp³-hybridized carbons (Fsp3) is 0.379. The van der Waals surface area contributed by atoms with E-state index >= 15 is 0 Å². The number of benzene rings is 1. The van der Waals surface area contributed by atoms with Crippen molar-refractivity contribution in [2.75, 3.05) is 16.4 Å². The number of aryl methyl sites for hydroxylation is 1. The minimum atomic E-state index is -0.539. The molecule has 0 unspecified atom stereocenters. The van der Waals surface area contributed by atoms with Gasteiger partial charge in [-0.1, -0.05) is 12.1 Å². The molecule has 1 aliphatic rings. The number of anilines is 3. The summed E-state index contributed by atoms with van der Waals surface area (Å²) in [6.07, 6.45) is 5.78. The van der Waals surface area contributed by atoms with Crippen LogP contribution in [-0.2, 0) is 4.74 Å². The summed E-state index contributed by atoms with van der Waals surface area (Å²) in [5, 5.41) is 18.0. The molecule has 0 radical (unpaired) electrons. The van der Waals surface area contributed by atoms with E-state index in [2.05, 4.69) is 30.9 Å². The van der Waals surface area contributed by atoms with Gasteiger partial charge in [0, 0.05) is 29.4 Å². The van der Waals surface area contributed by atoms with Crippen LogP contribution in [0, 0.1) is 12.3 Å². The first-order valence-corrected chi connectivity index (χ1v) is 13.3. The fourth-order valence-corrected chi connectivity index (χ4v) is 4.53. The molecule has 40 heavy (non-hydrogen) atoms. The van der Waals surface area contributed by atoms with Crippen molar-refractivity contribution in [2.24, 2.45) is 0 Å². The van der Waals surface area contributed by atoms with Crippen LogP contribution in [0.15, 0.2) is 48.9 Å². The predicted octanol–water partition coefficient (Wildman–Crippen LogP) is 4.68. The molecule has 1 aliphatic carbocycles. The Morgan fingerprint density at radius 3 is 2.27 bits per heavy atom. The van der Waals surface area contributed by atoms with Gasteiger partial charge < -0.3 is 26.4 Å². The van der Waals surface area contributed by atoms with Gasteiger partial charge in [0.2, 0.25) is 0 Å². The SMILES string of the molecule is Cc1ccnc(NC(=O)c2ccc(C(=N)c3c(N)ncnc3NC3CCC(NC(=O)OC(C)(C)C)CC3)cc2)c1. The number of amides is 2. The summed E-state index contributed by atoms with van der Waals surface area (Å²) >= 11 is 0. The highest BCUT2D eigenvalue weighted by Gasteiger charge is 2.26. The van der Waals surface area contributed by atoms with Crippen molar-refractivity contribution < 1.29 is 14.3 Å². The Kier molecular flexibility index (Phi) is 8.61. The molecule has 210 valence electrons. The van der Waals surface area contributed by atoms with Crippen LogP contribution < -0.4 is 21.7 Å². The first-order valence-electron chi connectivity index (χ1n) is 13.3. The quantitative estimate of drug-likeness (QED) is 0.267. The van der Waals surface area contributed by atoms with Crippen molar-refractivity contribution in [1.82, 2.24) is 20.3 Å². The number of nitrogens with zero attached hydrogens (tertiary/aromatic N) is 3. The number of carbonyl (C=O) groups is 2. The molecule has 2 heterocycles. The number of nitrogens with two attached hydrogens (primary N) is 1. The molecule has 11 heteroatoms. The van der Waals surface area contributed by atoms with Crippen molar-refractivity contribution in [3.63, 3.8) is 0 Å². The van der Waals surface area contributed by atoms with Gasteiger partial charge in [-0.3, -0.25) is 10.2 Å². The lowest BCUT2D eigenvalue weighted by molar-refractivity contribution is 0.0492. The van der Waals surface area contributed by atoms with E-state index in [0.29, 0.717) is 28.3 Å². The van der Waals surface area contributed by atoms with E-state index in [9.17, 15) is 9.59 Å². The topological polar surface area (TPSA) is 168 Å². The third-order valence-corrected chi connectivity index (χ3v) is 6.51. The van der Waals surface area contributed by atoms with Crippen molar-refractivity contribution in [2.45, 2.75) is 71.1 Å². The molecule has 0 aliphatic heterocycles. The molecule has 0 atom stereocenters. The first-order chi connectivity index (χ1) is 19.0. The van der Waals surface area contributed by atoms with Gasteiger partial charge >= 0.3 is 6.09 Å². The molecule has 3 aromatic rings. The van der Waals surface area contributed by atoms with Crippen molar-refractivity contribution in [1.29, 1.82) is 5.41 Å². The second-order valence-corrected chi connectivity index (χ2v) is 10.9. The molecule has 6 N–H and O–H groups in total. The van der Waals surface area contributed by atoms with E-state index in [0.717, 1.165) is 31.2 Å². The molecule has 1 fully saturated rings. The number of ether oxygens (including phenoxy) is 1. The van der Waals surface area contributed by atoms with Crippen molar-refractivity contribution >= 4 is 35.2 Å². The summed E-state index contributed by atoms with van der Waals surface area (Å²) in [5.74, 6) is 0.850. The number of alkyl carbamates (subject to hydrolysis) is 1. The predicted molar refractivity (Wildman–Crippen MR) is 155 cm³/mol. The van der Waals surface area contributed by atoms with E-state index in [1.807, 2.05) is 33.8 Å². The van der Waals surface area contributed by atoms with Gasteiger partial charge in [0.25, 0.3) is 5.91 Å². The Balaban J connectivity index is 1.39. The summed E-state index contributed by atoms with van der Waals surface area (Å²) in [6, 6.07) is 10.5. The van der Waals surface area contributed by atoms with Crippen LogP contribution in [-0.4, -0.2) is 50.3 Å². The Bertz CT molecular complexity index is 1380. The van der Waals surface area contributed by atoms with Gasteiger partial charge in [-0.05, 0) is 83.2 Å². The Labute approximate surface area is 233 Å². The Morgan fingerprint density at radius 1 is 0.975 bits per heavy atom. The summed E-state index contributed by atoms with van der Waals surface area (Å²) < 4.78 is 5.37. The average Bonchev–Trinajstić information content (AvgIpc) is 2.88. The number of rotatable bonds is 7. The third kappa shape index (κ3) is 7.52. The molecule has 4 rings (SSSR count). The van der Waals surface area contributed by atoms with Gasteiger partial charge in [-0.25, -0.2) is 19.7 Å². The summed E-state index contributed by atoms with van der Waals surface area (Å²) in [4.78, 5) is 37.4. The molecular weight excluding hydrogens is 508 g/mol. The van der Waals surface area contributed by atoms with E-state index in [4.69, 9.17) is 15.9 Å². The number of pyridine rings is 1. The smallest absolute Gasteiger partial charge is 0.407 e. The molecule has 2 aromatic heterocycles. The van der Waals surface area contributed by atoms with Gasteiger partial charge in [-0.15, -0.1) is 0 Å². The lowest BCUT2D eigenvalue weighted by Crippen LogP contribution is -2.42. The molecule has 0 saturated heterocycles. The van der Waals surface area contributed by atoms with E-state index in [-0.39, 0.29) is 29.5 Å². The highest BCUT2D eigenvalue weighted by Crippen LogP contribution is 2.27. The summed E-state index contributed by atoms with van der Waals surface area (Å²) in [5.41, 5.74) is 8.21. The highest BCUT2D eigenvalue weighted by atomic mass is 16.6. The van der Waals surface area contributed by atoms with E-state index < -0.39 is 11.7 Å². The maximum Gasteiger partial charge on any atom is 0.407 e. The van der Waals surface area contributed by atoms with Crippen LogP contribution in [0.5, 0.6) is 0 Å². The molecule has 1 aromatic carbocycles. The molecule has 11 nitrogen and oxygen atoms in total. The van der Waals surface area contributed by atoms with Crippen molar-refractivity contribution in [3.8, 4) is 0 Å². The number of carbonyl (C=O) groups excluding carboxylic acids is 2. The molecule has 0 bridgehead atoms. The standard InChI is InChI=1S/C29H36N8O3/c1-17-13-14-32-22(15-17)37-27(38)19-7-5-18(6-8-19)24(30)23-25(31)33-16-34-26(23)35-20-9-11-21(12-10-20)36-28(39)40-29(2,3)4/h5-8,13-16,20-21,30H,9-12H2,1-4H3,(H,36,39)(H,32,37,38)(H3,31,33,34,35). The number of nitrogens with one attached hydrogen (secondary N) is 4. The van der Waals surface area contributed by atoms with Crippen LogP contribution in [0.4, 0.5) is 22.2 Å². The Morgan fingerprint density at radius 2 is 1.62 bits per heavy atom. The van der Waals surface area contributed by atoms with Crippen LogP contribution >= 0.6 is 0 Å². The second kappa shape index (κ2) is 12.1. The lowest BCUT2D eigenvalue weighted by Gasteiger charge is -2.31. The second-order valence-electron chi connectivity index (χ2n) is 10.9. The molecule has 0 spiro atoms. The lowest BCUT2D eigenvalue weighted by atomic mass is 9.91. The third-order valence-electron chi connectivity index (χ3n) is 6.51. The number of nitrogen functional groups attached to an aromatic ring is 1. The summed E-state index contributed by atoms with van der Waals surface area (Å²) in [6.45, 7) is 7.44. The van der Waals surface area contributed by atoms with Crippen molar-refractivity contribution in [3.05, 3.63) is 71.2 Å². The maximum absolute atomic E-state index is 12.7. The van der Waals surface area contributed by atoms with Gasteiger partial charge in [0.1, 0.15) is 29.4 Å². The molecule has 2 amide bonds. The minimum absolute atomic E-state index is 0.0403. The van der Waals surface area contributed by atoms with Crippen LogP contribution in [0.25, 0.3) is 0 Å². The molecular formula is C29H36N8O3. The first kappa shape index (κ1) is 28.5. The number of hydrogen-bond acceptors (Lipinski definition) is 9. The zero-order valence-corrected chi connectivity index (χ0v) is 23.2. The number of hydrogen-bond donors (Lipinski definition) is 5. The number of aromatic nitrogens is 3. The zero-order valence-electron chi connectivity index (χ0n) is 23.2. The van der Waals surface area contributed by atoms with E-state index in [1.54, 1.807) is 36.5 Å². The fourth-order valence-electron chi connectivity index (χ4n) is 4.53. The Hall–Kier alpha value is -4.54. The van der Waals surface area contributed by atoms with Crippen LogP contribution in [0.2, 0.25) is 0 Å². The highest BCUT2D eigenvalue weighted by molar-refractivity contribution is 6.16. The molecule has 1 saturated carbocycles. The van der Waals surface area contributed by atoms with Crippen LogP contribution in [0.1, 0.15) is 73.5 Å². The normalized spacial score (nSPS) is 17.0. The minimum Gasteiger partial charge on any atom is -0.444 e. The monoisotopic (exact) mass is 544 g/mol. The van der Waals surface area contributed by atoms with E-state index in [1.165, 1.54) is 6.33 Å². The maximum atomic E-state index is 12.7. The van der Waals surface area contributed by atoms with Gasteiger partial charge in [0.05, 0.1) is 11.3 Å². The van der Waals surface area contributed by atoms with Crippen LogP contribution in [0.3, 0.4) is 0 Å². The average molecular weight is 545 g/mol.